The van der Waals surface area contributed by atoms with Crippen molar-refractivity contribution < 1.29 is 31.2 Å². The fraction of sp³-hybridized carbons (Fsp3) is 0.222. The quantitative estimate of drug-likeness (QED) is 0.784. The van der Waals surface area contributed by atoms with Gasteiger partial charge in [0.25, 0.3) is 5.91 Å². The fourth-order valence-electron chi connectivity index (χ4n) is 2.47. The minimum atomic E-state index is -4.77. The third-order valence-corrected chi connectivity index (χ3v) is 4.37. The molecule has 2 amide bonds. The molecule has 0 aromatic heterocycles. The molecular formula is C18H17F3N2O4S. The van der Waals surface area contributed by atoms with E-state index in [1.807, 2.05) is 0 Å². The van der Waals surface area contributed by atoms with Gasteiger partial charge in [-0.05, 0) is 35.9 Å². The van der Waals surface area contributed by atoms with Crippen LogP contribution in [0.1, 0.15) is 28.4 Å². The van der Waals surface area contributed by atoms with Gasteiger partial charge in [-0.3, -0.25) is 9.59 Å². The van der Waals surface area contributed by atoms with Crippen molar-refractivity contribution in [1.82, 2.24) is 0 Å². The van der Waals surface area contributed by atoms with Crippen molar-refractivity contribution in [2.24, 2.45) is 0 Å². The molecule has 2 aromatic rings. The minimum Gasteiger partial charge on any atom is -0.326 e. The van der Waals surface area contributed by atoms with Gasteiger partial charge in [0.1, 0.15) is 0 Å². The summed E-state index contributed by atoms with van der Waals surface area (Å²) in [4.78, 5) is 23.4. The Balaban J connectivity index is 2.33. The van der Waals surface area contributed by atoms with E-state index in [0.29, 0.717) is 5.56 Å². The Morgan fingerprint density at radius 2 is 1.71 bits per heavy atom. The third kappa shape index (κ3) is 6.08. The predicted molar refractivity (Wildman–Crippen MR) is 98.7 cm³/mol. The topological polar surface area (TPSA) is 92.3 Å². The molecule has 0 atom stereocenters. The number of rotatable bonds is 5. The molecule has 0 saturated carbocycles. The Bertz CT molecular complexity index is 1020. The van der Waals surface area contributed by atoms with Gasteiger partial charge in [0, 0.05) is 24.4 Å². The van der Waals surface area contributed by atoms with Gasteiger partial charge in [-0.15, -0.1) is 0 Å². The highest BCUT2D eigenvalue weighted by atomic mass is 32.2. The second-order valence-electron chi connectivity index (χ2n) is 6.16. The normalized spacial score (nSPS) is 11.8. The van der Waals surface area contributed by atoms with Crippen LogP contribution in [-0.2, 0) is 26.6 Å². The molecular weight excluding hydrogens is 397 g/mol. The smallest absolute Gasteiger partial charge is 0.326 e. The van der Waals surface area contributed by atoms with E-state index < -0.39 is 39.1 Å². The van der Waals surface area contributed by atoms with E-state index in [4.69, 9.17) is 0 Å². The monoisotopic (exact) mass is 414 g/mol. The van der Waals surface area contributed by atoms with Gasteiger partial charge >= 0.3 is 6.18 Å². The van der Waals surface area contributed by atoms with E-state index in [2.05, 4.69) is 10.6 Å². The van der Waals surface area contributed by atoms with Gasteiger partial charge in [0.05, 0.1) is 17.0 Å². The zero-order valence-electron chi connectivity index (χ0n) is 14.9. The summed E-state index contributed by atoms with van der Waals surface area (Å²) in [6.07, 6.45) is -3.73. The summed E-state index contributed by atoms with van der Waals surface area (Å²) in [7, 11) is -3.33. The molecule has 0 aliphatic rings. The first-order valence-corrected chi connectivity index (χ1v) is 9.98. The lowest BCUT2D eigenvalue weighted by molar-refractivity contribution is -0.137. The maximum atomic E-state index is 13.3. The van der Waals surface area contributed by atoms with Crippen LogP contribution in [0.25, 0.3) is 0 Å². The molecule has 0 radical (unpaired) electrons. The summed E-state index contributed by atoms with van der Waals surface area (Å²) in [5.74, 6) is -1.66. The van der Waals surface area contributed by atoms with E-state index >= 15 is 0 Å². The molecule has 0 spiro atoms. The number of benzene rings is 2. The zero-order valence-corrected chi connectivity index (χ0v) is 15.7. The molecule has 0 heterocycles. The maximum Gasteiger partial charge on any atom is 0.418 e. The Morgan fingerprint density at radius 1 is 1.04 bits per heavy atom. The number of sulfone groups is 1. The number of carbonyl (C=O) groups is 2. The number of halogens is 3. The van der Waals surface area contributed by atoms with Crippen molar-refractivity contribution in [3.05, 3.63) is 59.2 Å². The molecule has 0 aliphatic carbocycles. The van der Waals surface area contributed by atoms with E-state index in [-0.39, 0.29) is 17.0 Å². The first-order chi connectivity index (χ1) is 12.8. The fourth-order valence-corrected chi connectivity index (χ4v) is 3.25. The van der Waals surface area contributed by atoms with Crippen LogP contribution in [0.5, 0.6) is 0 Å². The van der Waals surface area contributed by atoms with Crippen molar-refractivity contribution in [1.29, 1.82) is 0 Å². The summed E-state index contributed by atoms with van der Waals surface area (Å²) in [5.41, 5.74) is -1.32. The second-order valence-corrected chi connectivity index (χ2v) is 8.30. The van der Waals surface area contributed by atoms with Gasteiger partial charge in [0.15, 0.2) is 9.84 Å². The van der Waals surface area contributed by atoms with E-state index in [0.717, 1.165) is 25.3 Å². The first-order valence-electron chi connectivity index (χ1n) is 7.92. The second kappa shape index (κ2) is 8.01. The zero-order chi connectivity index (χ0) is 21.1. The first kappa shape index (κ1) is 21.4. The summed E-state index contributed by atoms with van der Waals surface area (Å²) < 4.78 is 62.8. The molecule has 2 aromatic carbocycles. The SMILES string of the molecule is CC(=O)Nc1ccc(NC(=O)c2cccc(CS(C)(=O)=O)c2)c(C(F)(F)F)c1. The van der Waals surface area contributed by atoms with Gasteiger partial charge in [0.2, 0.25) is 5.91 Å². The van der Waals surface area contributed by atoms with Crippen LogP contribution in [0.3, 0.4) is 0 Å². The molecule has 0 unspecified atom stereocenters. The standard InChI is InChI=1S/C18H17F3N2O4S/c1-11(24)22-14-6-7-16(15(9-14)18(19,20)21)23-17(25)13-5-3-4-12(8-13)10-28(2,26)27/h3-9H,10H2,1-2H3,(H,22,24)(H,23,25). The van der Waals surface area contributed by atoms with Crippen LogP contribution >= 0.6 is 0 Å². The Labute approximate surface area is 159 Å². The van der Waals surface area contributed by atoms with Gasteiger partial charge in [-0.25, -0.2) is 8.42 Å². The van der Waals surface area contributed by atoms with Crippen molar-refractivity contribution >= 4 is 33.0 Å². The van der Waals surface area contributed by atoms with E-state index in [1.54, 1.807) is 0 Å². The van der Waals surface area contributed by atoms with Crippen LogP contribution in [0.15, 0.2) is 42.5 Å². The van der Waals surface area contributed by atoms with Crippen LogP contribution < -0.4 is 10.6 Å². The van der Waals surface area contributed by atoms with Crippen molar-refractivity contribution in [2.75, 3.05) is 16.9 Å². The molecule has 0 fully saturated rings. The highest BCUT2D eigenvalue weighted by molar-refractivity contribution is 7.89. The number of hydrogen-bond donors (Lipinski definition) is 2. The Hall–Kier alpha value is -2.88. The number of nitrogens with one attached hydrogen (secondary N) is 2. The van der Waals surface area contributed by atoms with Crippen LogP contribution in [0, 0.1) is 0 Å². The minimum absolute atomic E-state index is 0.0141. The number of anilines is 2. The van der Waals surface area contributed by atoms with Crippen LogP contribution in [0.4, 0.5) is 24.5 Å². The number of amides is 2. The maximum absolute atomic E-state index is 13.3. The summed E-state index contributed by atoms with van der Waals surface area (Å²) in [6, 6.07) is 8.59. The van der Waals surface area contributed by atoms with Crippen molar-refractivity contribution in [3.63, 3.8) is 0 Å². The lowest BCUT2D eigenvalue weighted by Crippen LogP contribution is -2.17. The molecule has 0 aliphatic heterocycles. The van der Waals surface area contributed by atoms with Crippen molar-refractivity contribution in [3.8, 4) is 0 Å². The molecule has 0 saturated heterocycles. The molecule has 28 heavy (non-hydrogen) atoms. The van der Waals surface area contributed by atoms with Crippen molar-refractivity contribution in [2.45, 2.75) is 18.9 Å². The average Bonchev–Trinajstić information content (AvgIpc) is 2.53. The van der Waals surface area contributed by atoms with Crippen LogP contribution in [0.2, 0.25) is 0 Å². The Morgan fingerprint density at radius 3 is 2.29 bits per heavy atom. The summed E-state index contributed by atoms with van der Waals surface area (Å²) in [6.45, 7) is 1.16. The number of carbonyl (C=O) groups excluding carboxylic acids is 2. The molecule has 2 rings (SSSR count). The summed E-state index contributed by atoms with van der Waals surface area (Å²) >= 11 is 0. The van der Waals surface area contributed by atoms with E-state index in [1.165, 1.54) is 30.3 Å². The molecule has 6 nitrogen and oxygen atoms in total. The van der Waals surface area contributed by atoms with Gasteiger partial charge in [-0.2, -0.15) is 13.2 Å². The van der Waals surface area contributed by atoms with Gasteiger partial charge in [-0.1, -0.05) is 12.1 Å². The number of hydrogen-bond acceptors (Lipinski definition) is 4. The molecule has 10 heteroatoms. The lowest BCUT2D eigenvalue weighted by Gasteiger charge is -2.16. The highest BCUT2D eigenvalue weighted by Gasteiger charge is 2.34. The summed E-state index contributed by atoms with van der Waals surface area (Å²) in [5, 5.41) is 4.43. The van der Waals surface area contributed by atoms with Gasteiger partial charge < -0.3 is 10.6 Å². The van der Waals surface area contributed by atoms with Crippen LogP contribution in [-0.4, -0.2) is 26.5 Å². The predicted octanol–water partition coefficient (Wildman–Crippen LogP) is 3.46. The largest absolute Gasteiger partial charge is 0.418 e. The lowest BCUT2D eigenvalue weighted by atomic mass is 10.1. The Kier molecular flexibility index (Phi) is 6.13. The molecule has 150 valence electrons. The number of alkyl halides is 3. The van der Waals surface area contributed by atoms with E-state index in [9.17, 15) is 31.2 Å². The average molecular weight is 414 g/mol. The highest BCUT2D eigenvalue weighted by Crippen LogP contribution is 2.36. The third-order valence-electron chi connectivity index (χ3n) is 3.51. The molecule has 0 bridgehead atoms. The molecule has 2 N–H and O–H groups in total.